The summed E-state index contributed by atoms with van der Waals surface area (Å²) in [5.74, 6) is -0.202. The van der Waals surface area contributed by atoms with Gasteiger partial charge in [-0.25, -0.2) is 5.43 Å². The first-order valence-corrected chi connectivity index (χ1v) is 5.56. The smallest absolute Gasteiger partial charge is 0.327 e. The van der Waals surface area contributed by atoms with Gasteiger partial charge in [-0.3, -0.25) is 9.80 Å². The molecular formula is C12H16N2O2. The molecule has 1 aliphatic heterocycles. The van der Waals surface area contributed by atoms with Crippen LogP contribution in [-0.4, -0.2) is 25.7 Å². The highest BCUT2D eigenvalue weighted by atomic mass is 16.5. The molecule has 0 saturated carbocycles. The van der Waals surface area contributed by atoms with Gasteiger partial charge < -0.3 is 4.74 Å². The van der Waals surface area contributed by atoms with Crippen LogP contribution < -0.4 is 10.4 Å². The van der Waals surface area contributed by atoms with Gasteiger partial charge in [0, 0.05) is 6.54 Å². The fourth-order valence-corrected chi connectivity index (χ4v) is 1.87. The Morgan fingerprint density at radius 2 is 2.31 bits per heavy atom. The SMILES string of the molecule is CCOC(=O)CN1NCCc2ccccc21. The van der Waals surface area contributed by atoms with Crippen LogP contribution in [0.5, 0.6) is 0 Å². The molecule has 1 heterocycles. The standard InChI is InChI=1S/C12H16N2O2/c1-2-16-12(15)9-14-11-6-4-3-5-10(11)7-8-13-14/h3-6,13H,2,7-9H2,1H3. The van der Waals surface area contributed by atoms with Gasteiger partial charge in [0.2, 0.25) is 0 Å². The van der Waals surface area contributed by atoms with Crippen molar-refractivity contribution >= 4 is 11.7 Å². The fourth-order valence-electron chi connectivity index (χ4n) is 1.87. The Morgan fingerprint density at radius 3 is 3.12 bits per heavy atom. The fraction of sp³-hybridized carbons (Fsp3) is 0.417. The molecule has 2 rings (SSSR count). The van der Waals surface area contributed by atoms with Crippen molar-refractivity contribution in [3.05, 3.63) is 29.8 Å². The van der Waals surface area contributed by atoms with E-state index in [1.807, 2.05) is 30.1 Å². The number of nitrogens with one attached hydrogen (secondary N) is 1. The number of esters is 1. The van der Waals surface area contributed by atoms with Crippen molar-refractivity contribution < 1.29 is 9.53 Å². The number of carbonyl (C=O) groups is 1. The largest absolute Gasteiger partial charge is 0.465 e. The number of carbonyl (C=O) groups excluding carboxylic acids is 1. The maximum atomic E-state index is 11.4. The van der Waals surface area contributed by atoms with Gasteiger partial charge in [0.25, 0.3) is 0 Å². The highest BCUT2D eigenvalue weighted by Crippen LogP contribution is 2.22. The Balaban J connectivity index is 2.10. The number of hydrogen-bond acceptors (Lipinski definition) is 4. The molecule has 1 N–H and O–H groups in total. The van der Waals surface area contributed by atoms with E-state index in [2.05, 4.69) is 11.5 Å². The van der Waals surface area contributed by atoms with Crippen LogP contribution in [0.25, 0.3) is 0 Å². The average Bonchev–Trinajstić information content (AvgIpc) is 2.30. The Hall–Kier alpha value is -1.55. The summed E-state index contributed by atoms with van der Waals surface area (Å²) in [6, 6.07) is 8.10. The van der Waals surface area contributed by atoms with Crippen LogP contribution in [-0.2, 0) is 16.0 Å². The molecule has 0 unspecified atom stereocenters. The van der Waals surface area contributed by atoms with Crippen LogP contribution in [0.3, 0.4) is 0 Å². The zero-order chi connectivity index (χ0) is 11.4. The van der Waals surface area contributed by atoms with Gasteiger partial charge >= 0.3 is 5.97 Å². The second-order valence-electron chi connectivity index (χ2n) is 3.68. The molecule has 0 aliphatic carbocycles. The molecule has 4 heteroatoms. The molecule has 0 atom stereocenters. The van der Waals surface area contributed by atoms with E-state index in [1.54, 1.807) is 0 Å². The summed E-state index contributed by atoms with van der Waals surface area (Å²) in [5, 5.41) is 1.86. The number of fused-ring (bicyclic) bond motifs is 1. The average molecular weight is 220 g/mol. The zero-order valence-electron chi connectivity index (χ0n) is 9.40. The number of hydrogen-bond donors (Lipinski definition) is 1. The summed E-state index contributed by atoms with van der Waals surface area (Å²) in [6.45, 7) is 3.35. The normalized spacial score (nSPS) is 14.4. The number of rotatable bonds is 3. The molecule has 0 aromatic heterocycles. The molecule has 0 saturated heterocycles. The summed E-state index contributed by atoms with van der Waals surface area (Å²) >= 11 is 0. The molecule has 4 nitrogen and oxygen atoms in total. The van der Waals surface area contributed by atoms with Gasteiger partial charge in [-0.1, -0.05) is 18.2 Å². The van der Waals surface area contributed by atoms with Gasteiger partial charge in [-0.05, 0) is 25.0 Å². The van der Waals surface area contributed by atoms with E-state index in [4.69, 9.17) is 4.74 Å². The minimum Gasteiger partial charge on any atom is -0.465 e. The van der Waals surface area contributed by atoms with E-state index >= 15 is 0 Å². The molecule has 1 aromatic rings. The maximum Gasteiger partial charge on any atom is 0.327 e. The molecule has 0 amide bonds. The molecule has 0 radical (unpaired) electrons. The lowest BCUT2D eigenvalue weighted by molar-refractivity contribution is -0.141. The number of benzene rings is 1. The quantitative estimate of drug-likeness (QED) is 0.775. The summed E-state index contributed by atoms with van der Waals surface area (Å²) in [4.78, 5) is 11.4. The predicted molar refractivity (Wildman–Crippen MR) is 62.1 cm³/mol. The Bertz CT molecular complexity index is 379. The Morgan fingerprint density at radius 1 is 1.50 bits per heavy atom. The van der Waals surface area contributed by atoms with Crippen LogP contribution >= 0.6 is 0 Å². The first-order valence-electron chi connectivity index (χ1n) is 5.56. The third kappa shape index (κ3) is 2.33. The third-order valence-corrected chi connectivity index (χ3v) is 2.57. The maximum absolute atomic E-state index is 11.4. The molecule has 86 valence electrons. The van der Waals surface area contributed by atoms with Crippen LogP contribution in [0, 0.1) is 0 Å². The third-order valence-electron chi connectivity index (χ3n) is 2.57. The molecule has 0 bridgehead atoms. The van der Waals surface area contributed by atoms with Crippen molar-refractivity contribution in [1.29, 1.82) is 0 Å². The molecule has 0 spiro atoms. The van der Waals surface area contributed by atoms with Gasteiger partial charge in [0.1, 0.15) is 6.54 Å². The van der Waals surface area contributed by atoms with Crippen LogP contribution in [0.15, 0.2) is 24.3 Å². The van der Waals surface area contributed by atoms with Crippen molar-refractivity contribution in [3.63, 3.8) is 0 Å². The van der Waals surface area contributed by atoms with Crippen LogP contribution in [0.4, 0.5) is 5.69 Å². The predicted octanol–water partition coefficient (Wildman–Crippen LogP) is 1.12. The molecule has 0 fully saturated rings. The molecule has 16 heavy (non-hydrogen) atoms. The minimum absolute atomic E-state index is 0.202. The lowest BCUT2D eigenvalue weighted by Gasteiger charge is -2.30. The zero-order valence-corrected chi connectivity index (χ0v) is 9.40. The Labute approximate surface area is 95.2 Å². The minimum atomic E-state index is -0.202. The van der Waals surface area contributed by atoms with Crippen molar-refractivity contribution in [2.24, 2.45) is 0 Å². The first-order chi connectivity index (χ1) is 7.81. The van der Waals surface area contributed by atoms with E-state index in [-0.39, 0.29) is 12.5 Å². The number of para-hydroxylation sites is 1. The monoisotopic (exact) mass is 220 g/mol. The van der Waals surface area contributed by atoms with E-state index in [0.717, 1.165) is 18.7 Å². The molecule has 1 aromatic carbocycles. The summed E-state index contributed by atoms with van der Waals surface area (Å²) in [5.41, 5.74) is 5.54. The van der Waals surface area contributed by atoms with E-state index in [1.165, 1.54) is 5.56 Å². The Kier molecular flexibility index (Phi) is 3.41. The number of hydrazine groups is 1. The summed E-state index contributed by atoms with van der Waals surface area (Å²) < 4.78 is 4.94. The molecular weight excluding hydrogens is 204 g/mol. The van der Waals surface area contributed by atoms with E-state index in [0.29, 0.717) is 6.61 Å². The second kappa shape index (κ2) is 4.99. The summed E-state index contributed by atoms with van der Waals surface area (Å²) in [6.07, 6.45) is 0.996. The van der Waals surface area contributed by atoms with Crippen LogP contribution in [0.1, 0.15) is 12.5 Å². The van der Waals surface area contributed by atoms with Crippen molar-refractivity contribution in [1.82, 2.24) is 5.43 Å². The van der Waals surface area contributed by atoms with E-state index in [9.17, 15) is 4.79 Å². The first kappa shape index (κ1) is 11.0. The van der Waals surface area contributed by atoms with Gasteiger partial charge in [-0.2, -0.15) is 0 Å². The van der Waals surface area contributed by atoms with Crippen molar-refractivity contribution in [2.45, 2.75) is 13.3 Å². The second-order valence-corrected chi connectivity index (χ2v) is 3.68. The topological polar surface area (TPSA) is 41.6 Å². The van der Waals surface area contributed by atoms with Crippen LogP contribution in [0.2, 0.25) is 0 Å². The highest BCUT2D eigenvalue weighted by Gasteiger charge is 2.18. The number of nitrogens with zero attached hydrogens (tertiary/aromatic N) is 1. The highest BCUT2D eigenvalue weighted by molar-refractivity contribution is 5.76. The van der Waals surface area contributed by atoms with Crippen molar-refractivity contribution in [3.8, 4) is 0 Å². The summed E-state index contributed by atoms with van der Waals surface area (Å²) in [7, 11) is 0. The lowest BCUT2D eigenvalue weighted by atomic mass is 10.1. The van der Waals surface area contributed by atoms with Gasteiger partial charge in [0.15, 0.2) is 0 Å². The number of anilines is 1. The van der Waals surface area contributed by atoms with Gasteiger partial charge in [-0.15, -0.1) is 0 Å². The van der Waals surface area contributed by atoms with Gasteiger partial charge in [0.05, 0.1) is 12.3 Å². The molecule has 1 aliphatic rings. The van der Waals surface area contributed by atoms with Crippen molar-refractivity contribution in [2.75, 3.05) is 24.7 Å². The number of ether oxygens (including phenoxy) is 1. The lowest BCUT2D eigenvalue weighted by Crippen LogP contribution is -2.46. The van der Waals surface area contributed by atoms with E-state index < -0.39 is 0 Å².